The van der Waals surface area contributed by atoms with Gasteiger partial charge in [0, 0.05) is 22.6 Å². The van der Waals surface area contributed by atoms with Gasteiger partial charge in [-0.25, -0.2) is 18.2 Å². The van der Waals surface area contributed by atoms with Crippen molar-refractivity contribution < 1.29 is 13.2 Å². The Labute approximate surface area is 119 Å². The number of H-pyrrole nitrogens is 1. The summed E-state index contributed by atoms with van der Waals surface area (Å²) < 4.78 is 40.3. The Morgan fingerprint density at radius 2 is 1.62 bits per heavy atom. The van der Waals surface area contributed by atoms with E-state index in [2.05, 4.69) is 9.97 Å². The van der Waals surface area contributed by atoms with Gasteiger partial charge in [0.2, 0.25) is 0 Å². The average Bonchev–Trinajstić information content (AvgIpc) is 2.36. The Kier molecular flexibility index (Phi) is 3.65. The molecule has 0 radical (unpaired) electrons. The van der Waals surface area contributed by atoms with E-state index in [0.29, 0.717) is 18.0 Å². The van der Waals surface area contributed by atoms with Gasteiger partial charge in [0.05, 0.1) is 5.69 Å². The summed E-state index contributed by atoms with van der Waals surface area (Å²) in [4.78, 5) is 18.8. The molecule has 0 atom stereocenters. The van der Waals surface area contributed by atoms with Crippen molar-refractivity contribution in [1.82, 2.24) is 9.97 Å². The van der Waals surface area contributed by atoms with Crippen LogP contribution in [-0.4, -0.2) is 9.97 Å². The maximum absolute atomic E-state index is 13.9. The molecule has 112 valence electrons. The zero-order chi connectivity index (χ0) is 15.9. The quantitative estimate of drug-likeness (QED) is 0.819. The second-order valence-corrected chi connectivity index (χ2v) is 5.88. The van der Waals surface area contributed by atoms with Gasteiger partial charge < -0.3 is 4.98 Å². The van der Waals surface area contributed by atoms with Gasteiger partial charge in [-0.2, -0.15) is 0 Å². The van der Waals surface area contributed by atoms with E-state index >= 15 is 0 Å². The maximum atomic E-state index is 13.9. The third-order valence-corrected chi connectivity index (χ3v) is 3.13. The van der Waals surface area contributed by atoms with Crippen molar-refractivity contribution >= 4 is 0 Å². The van der Waals surface area contributed by atoms with Crippen molar-refractivity contribution in [3.8, 4) is 11.3 Å². The Hall–Kier alpha value is -2.11. The number of nitrogens with one attached hydrogen (secondary N) is 1. The van der Waals surface area contributed by atoms with Gasteiger partial charge >= 0.3 is 0 Å². The molecule has 0 saturated heterocycles. The van der Waals surface area contributed by atoms with Gasteiger partial charge in [-0.05, 0) is 13.0 Å². The summed E-state index contributed by atoms with van der Waals surface area (Å²) in [7, 11) is 0. The van der Waals surface area contributed by atoms with Crippen LogP contribution in [0, 0.1) is 24.4 Å². The van der Waals surface area contributed by atoms with Crippen LogP contribution in [0.1, 0.15) is 32.2 Å². The van der Waals surface area contributed by atoms with Gasteiger partial charge in [0.15, 0.2) is 11.6 Å². The lowest BCUT2D eigenvalue weighted by atomic mass is 9.95. The molecular formula is C15H15F3N2O. The smallest absolute Gasteiger partial charge is 0.254 e. The van der Waals surface area contributed by atoms with Crippen LogP contribution in [0.5, 0.6) is 0 Å². The number of aromatic nitrogens is 2. The first-order chi connectivity index (χ1) is 9.61. The largest absolute Gasteiger partial charge is 0.310 e. The molecule has 2 rings (SSSR count). The third kappa shape index (κ3) is 2.84. The monoisotopic (exact) mass is 296 g/mol. The minimum absolute atomic E-state index is 0.0140. The molecule has 1 aromatic carbocycles. The Morgan fingerprint density at radius 3 is 2.19 bits per heavy atom. The Bertz CT molecular complexity index is 761. The molecule has 21 heavy (non-hydrogen) atoms. The van der Waals surface area contributed by atoms with Crippen LogP contribution in [-0.2, 0) is 5.41 Å². The fourth-order valence-corrected chi connectivity index (χ4v) is 1.85. The van der Waals surface area contributed by atoms with E-state index in [9.17, 15) is 18.0 Å². The van der Waals surface area contributed by atoms with Crippen molar-refractivity contribution in [3.63, 3.8) is 0 Å². The summed E-state index contributed by atoms with van der Waals surface area (Å²) in [5.74, 6) is -3.09. The lowest BCUT2D eigenvalue weighted by Crippen LogP contribution is -2.24. The first kappa shape index (κ1) is 15.3. The molecule has 0 aliphatic heterocycles. The van der Waals surface area contributed by atoms with Crippen molar-refractivity contribution in [2.45, 2.75) is 33.1 Å². The van der Waals surface area contributed by atoms with E-state index in [0.717, 1.165) is 0 Å². The minimum Gasteiger partial charge on any atom is -0.310 e. The molecule has 2 aromatic rings. The highest BCUT2D eigenvalue weighted by molar-refractivity contribution is 5.63. The molecule has 0 bridgehead atoms. The number of halogens is 3. The summed E-state index contributed by atoms with van der Waals surface area (Å²) in [6, 6.07) is 1.16. The molecule has 0 aliphatic rings. The molecule has 0 saturated carbocycles. The predicted molar refractivity (Wildman–Crippen MR) is 73.6 cm³/mol. The van der Waals surface area contributed by atoms with Gasteiger partial charge in [0.25, 0.3) is 5.56 Å². The molecule has 0 unspecified atom stereocenters. The first-order valence-corrected chi connectivity index (χ1v) is 6.37. The normalized spacial score (nSPS) is 11.8. The van der Waals surface area contributed by atoms with Crippen molar-refractivity contribution in [2.75, 3.05) is 0 Å². The van der Waals surface area contributed by atoms with Crippen LogP contribution < -0.4 is 5.56 Å². The summed E-state index contributed by atoms with van der Waals surface area (Å²) in [6.07, 6.45) is 0. The average molecular weight is 296 g/mol. The molecule has 1 heterocycles. The zero-order valence-electron chi connectivity index (χ0n) is 12.1. The van der Waals surface area contributed by atoms with Gasteiger partial charge in [-0.1, -0.05) is 20.8 Å². The van der Waals surface area contributed by atoms with Crippen LogP contribution in [0.15, 0.2) is 16.9 Å². The molecule has 0 aliphatic carbocycles. The summed E-state index contributed by atoms with van der Waals surface area (Å²) in [5.41, 5.74) is -0.985. The van der Waals surface area contributed by atoms with Crippen molar-refractivity contribution in [1.29, 1.82) is 0 Å². The molecule has 0 spiro atoms. The highest BCUT2D eigenvalue weighted by Crippen LogP contribution is 2.27. The Morgan fingerprint density at radius 1 is 1.05 bits per heavy atom. The maximum Gasteiger partial charge on any atom is 0.254 e. The second-order valence-electron chi connectivity index (χ2n) is 5.88. The summed E-state index contributed by atoms with van der Waals surface area (Å²) in [6.45, 7) is 6.93. The van der Waals surface area contributed by atoms with E-state index in [1.807, 2.05) is 20.8 Å². The lowest BCUT2D eigenvalue weighted by Gasteiger charge is -2.19. The first-order valence-electron chi connectivity index (χ1n) is 6.37. The molecule has 1 aromatic heterocycles. The minimum atomic E-state index is -1.28. The summed E-state index contributed by atoms with van der Waals surface area (Å²) in [5, 5.41) is 0. The van der Waals surface area contributed by atoms with Gasteiger partial charge in [-0.15, -0.1) is 0 Å². The van der Waals surface area contributed by atoms with Crippen molar-refractivity contribution in [3.05, 3.63) is 51.3 Å². The highest BCUT2D eigenvalue weighted by atomic mass is 19.2. The fourth-order valence-electron chi connectivity index (χ4n) is 1.85. The van der Waals surface area contributed by atoms with Crippen molar-refractivity contribution in [2.24, 2.45) is 0 Å². The second kappa shape index (κ2) is 5.02. The molecule has 3 nitrogen and oxygen atoms in total. The van der Waals surface area contributed by atoms with Crippen LogP contribution in [0.2, 0.25) is 0 Å². The lowest BCUT2D eigenvalue weighted by molar-refractivity contribution is 0.495. The fraction of sp³-hybridized carbons (Fsp3) is 0.333. The van der Waals surface area contributed by atoms with E-state index in [1.165, 1.54) is 6.92 Å². The van der Waals surface area contributed by atoms with Crippen LogP contribution >= 0.6 is 0 Å². The molecule has 0 amide bonds. The highest BCUT2D eigenvalue weighted by Gasteiger charge is 2.22. The SMILES string of the molecule is Cc1c(-c2cc(F)c(F)cc2F)nc(C(C)(C)C)[nH]c1=O. The number of benzene rings is 1. The van der Waals surface area contributed by atoms with Crippen LogP contribution in [0.25, 0.3) is 11.3 Å². The summed E-state index contributed by atoms with van der Waals surface area (Å²) >= 11 is 0. The van der Waals surface area contributed by atoms with Gasteiger partial charge in [0.1, 0.15) is 11.6 Å². The van der Waals surface area contributed by atoms with E-state index in [4.69, 9.17) is 0 Å². The number of hydrogen-bond donors (Lipinski definition) is 1. The topological polar surface area (TPSA) is 45.8 Å². The number of aromatic amines is 1. The molecule has 0 fully saturated rings. The van der Waals surface area contributed by atoms with Crippen LogP contribution in [0.4, 0.5) is 13.2 Å². The number of nitrogens with zero attached hydrogens (tertiary/aromatic N) is 1. The van der Waals surface area contributed by atoms with E-state index in [-0.39, 0.29) is 16.8 Å². The number of hydrogen-bond acceptors (Lipinski definition) is 2. The zero-order valence-corrected chi connectivity index (χ0v) is 12.1. The standard InChI is InChI=1S/C15H15F3N2O/c1-7-12(8-5-10(17)11(18)6-9(8)16)19-14(15(2,3)4)20-13(7)21/h5-6H,1-4H3,(H,19,20,21). The van der Waals surface area contributed by atoms with E-state index < -0.39 is 28.4 Å². The molecule has 6 heteroatoms. The molecule has 1 N–H and O–H groups in total. The number of rotatable bonds is 1. The molecular weight excluding hydrogens is 281 g/mol. The van der Waals surface area contributed by atoms with E-state index in [1.54, 1.807) is 0 Å². The van der Waals surface area contributed by atoms with Crippen LogP contribution in [0.3, 0.4) is 0 Å². The van der Waals surface area contributed by atoms with Gasteiger partial charge in [-0.3, -0.25) is 4.79 Å². The third-order valence-electron chi connectivity index (χ3n) is 3.13. The Balaban J connectivity index is 2.78. The predicted octanol–water partition coefficient (Wildman–Crippen LogP) is 3.46.